The highest BCUT2D eigenvalue weighted by atomic mass is 35.5. The molecule has 0 aromatic carbocycles. The van der Waals surface area contributed by atoms with Crippen molar-refractivity contribution in [3.63, 3.8) is 0 Å². The summed E-state index contributed by atoms with van der Waals surface area (Å²) in [6.45, 7) is 1.46. The van der Waals surface area contributed by atoms with Gasteiger partial charge in [0.05, 0.1) is 12.3 Å². The molecule has 4 fully saturated rings. The van der Waals surface area contributed by atoms with Crippen LogP contribution in [0, 0.1) is 35.5 Å². The molecule has 2 saturated heterocycles. The number of rotatable bonds is 6. The summed E-state index contributed by atoms with van der Waals surface area (Å²) in [5.74, 6) is 0.0667. The zero-order chi connectivity index (χ0) is 24.8. The third kappa shape index (κ3) is 10.4. The molecule has 0 amide bonds. The highest BCUT2D eigenvalue weighted by Crippen LogP contribution is 2.42. The van der Waals surface area contributed by atoms with Gasteiger partial charge >= 0.3 is 27.3 Å². The molecule has 216 valence electrons. The predicted octanol–water partition coefficient (Wildman–Crippen LogP) is 3.30. The summed E-state index contributed by atoms with van der Waals surface area (Å²) in [5, 5.41) is 24.4. The average Bonchev–Trinajstić information content (AvgIpc) is 2.77. The second kappa shape index (κ2) is 17.0. The van der Waals surface area contributed by atoms with Crippen LogP contribution in [0.5, 0.6) is 0 Å². The molecule has 2 aliphatic carbocycles. The van der Waals surface area contributed by atoms with Crippen LogP contribution in [-0.2, 0) is 27.8 Å². The fourth-order valence-electron chi connectivity index (χ4n) is 6.76. The first-order valence-electron chi connectivity index (χ1n) is 12.3. The molecule has 8 unspecified atom stereocenters. The van der Waals surface area contributed by atoms with Crippen molar-refractivity contribution in [2.75, 3.05) is 25.4 Å². The smallest absolute Gasteiger partial charge is 0.320 e. The lowest BCUT2D eigenvalue weighted by molar-refractivity contribution is -0.144. The summed E-state index contributed by atoms with van der Waals surface area (Å²) in [5.41, 5.74) is 0. The molecule has 4 rings (SSSR count). The van der Waals surface area contributed by atoms with E-state index in [9.17, 15) is 27.8 Å². The molecular formula is C22H40Cl2N2O9P2. The second-order valence-corrected chi connectivity index (χ2v) is 12.4. The normalized spacial score (nSPS) is 34.2. The quantitative estimate of drug-likeness (QED) is 0.324. The molecule has 4 aliphatic rings. The highest BCUT2D eigenvalue weighted by molar-refractivity contribution is 7.30. The number of carbonyl (C=O) groups is 2. The summed E-state index contributed by atoms with van der Waals surface area (Å²) in [4.78, 5) is 22.2. The van der Waals surface area contributed by atoms with E-state index in [1.165, 1.54) is 0 Å². The van der Waals surface area contributed by atoms with Gasteiger partial charge < -0.3 is 26.3 Å². The van der Waals surface area contributed by atoms with E-state index < -0.39 is 39.4 Å². The minimum Gasteiger partial charge on any atom is -0.480 e. The van der Waals surface area contributed by atoms with Crippen molar-refractivity contribution in [3.8, 4) is 0 Å². The maximum atomic E-state index is 11.1. The first-order valence-corrected chi connectivity index (χ1v) is 15.0. The van der Waals surface area contributed by atoms with Crippen LogP contribution in [0.25, 0.3) is 0 Å². The van der Waals surface area contributed by atoms with Gasteiger partial charge in [0.2, 0.25) is 0 Å². The molecule has 37 heavy (non-hydrogen) atoms. The first-order chi connectivity index (χ1) is 16.2. The number of halogens is 2. The molecule has 0 bridgehead atoms. The summed E-state index contributed by atoms with van der Waals surface area (Å²) in [6, 6.07) is -0.869. The predicted molar refractivity (Wildman–Crippen MR) is 141 cm³/mol. The van der Waals surface area contributed by atoms with Crippen molar-refractivity contribution in [1.82, 2.24) is 10.6 Å². The van der Waals surface area contributed by atoms with E-state index in [1.807, 2.05) is 0 Å². The van der Waals surface area contributed by atoms with Crippen LogP contribution in [0.4, 0.5) is 0 Å². The SMILES string of the molecule is Cl.Cl.O.O=C(O)C1NCCC2CC(CP(=O)=O)CCC21.O=C(O)C1NCCC2CC(CP(=O)=O)CCC21. The van der Waals surface area contributed by atoms with Crippen molar-refractivity contribution in [3.05, 3.63) is 0 Å². The van der Waals surface area contributed by atoms with Crippen LogP contribution >= 0.6 is 40.2 Å². The third-order valence-corrected chi connectivity index (χ3v) is 9.89. The molecule has 0 aromatic rings. The van der Waals surface area contributed by atoms with E-state index >= 15 is 0 Å². The molecule has 11 nitrogen and oxygen atoms in total. The fourth-order valence-corrected chi connectivity index (χ4v) is 8.26. The molecule has 2 aliphatic heterocycles. The summed E-state index contributed by atoms with van der Waals surface area (Å²) < 4.78 is 42.9. The van der Waals surface area contributed by atoms with Crippen LogP contribution in [-0.4, -0.2) is 65.1 Å². The number of nitrogens with one attached hydrogen (secondary N) is 2. The number of piperidine rings is 2. The maximum absolute atomic E-state index is 11.1. The number of hydrogen-bond donors (Lipinski definition) is 4. The maximum Gasteiger partial charge on any atom is 0.320 e. The Hall–Kier alpha value is -0.800. The number of carboxylic acid groups (broad SMARTS) is 2. The topological polar surface area (TPSA) is 198 Å². The lowest BCUT2D eigenvalue weighted by atomic mass is 9.68. The van der Waals surface area contributed by atoms with Gasteiger partial charge in [-0.15, -0.1) is 24.8 Å². The Labute approximate surface area is 230 Å². The van der Waals surface area contributed by atoms with E-state index in [-0.39, 0.29) is 66.3 Å². The molecule has 2 saturated carbocycles. The van der Waals surface area contributed by atoms with Gasteiger partial charge in [-0.25, -0.2) is 18.3 Å². The van der Waals surface area contributed by atoms with Crippen molar-refractivity contribution in [1.29, 1.82) is 0 Å². The summed E-state index contributed by atoms with van der Waals surface area (Å²) in [6.07, 6.45) is 7.59. The Morgan fingerprint density at radius 2 is 1.00 bits per heavy atom. The Balaban J connectivity index is 0.000000648. The zero-order valence-corrected chi connectivity index (χ0v) is 24.1. The van der Waals surface area contributed by atoms with Gasteiger partial charge in [0.1, 0.15) is 12.1 Å². The van der Waals surface area contributed by atoms with Crippen molar-refractivity contribution in [2.24, 2.45) is 35.5 Å². The number of carboxylic acids is 2. The molecule has 8 atom stereocenters. The van der Waals surface area contributed by atoms with Gasteiger partial charge in [0.15, 0.2) is 0 Å². The third-order valence-electron chi connectivity index (χ3n) is 8.26. The van der Waals surface area contributed by atoms with Gasteiger partial charge in [0, 0.05) is 0 Å². The van der Waals surface area contributed by atoms with Gasteiger partial charge in [-0.2, -0.15) is 0 Å². The van der Waals surface area contributed by atoms with Gasteiger partial charge in [-0.05, 0) is 100.0 Å². The monoisotopic (exact) mass is 608 g/mol. The van der Waals surface area contributed by atoms with Crippen LogP contribution in [0.3, 0.4) is 0 Å². The fraction of sp³-hybridized carbons (Fsp3) is 0.909. The Morgan fingerprint density at radius 1 is 0.649 bits per heavy atom. The van der Waals surface area contributed by atoms with Crippen molar-refractivity contribution in [2.45, 2.75) is 63.5 Å². The van der Waals surface area contributed by atoms with Gasteiger partial charge in [0.25, 0.3) is 0 Å². The molecule has 2 heterocycles. The second-order valence-electron chi connectivity index (χ2n) is 10.4. The Morgan fingerprint density at radius 3 is 1.30 bits per heavy atom. The number of hydrogen-bond acceptors (Lipinski definition) is 8. The average molecular weight is 609 g/mol. The zero-order valence-electron chi connectivity index (χ0n) is 20.7. The minimum absolute atomic E-state index is 0. The lowest BCUT2D eigenvalue weighted by Crippen LogP contribution is -2.52. The summed E-state index contributed by atoms with van der Waals surface area (Å²) in [7, 11) is -4.61. The van der Waals surface area contributed by atoms with Gasteiger partial charge in [-0.3, -0.25) is 9.59 Å². The standard InChI is InChI=1S/2C11H18NO4P.2ClH.H2O/c2*13-11(14)10-9-2-1-7(6-17(15)16)5-8(9)3-4-12-10;;;/h2*7-10,12H,1-6H2,(H,13,14);2*1H;1H2. The van der Waals surface area contributed by atoms with Crippen LogP contribution in [0.1, 0.15) is 51.4 Å². The van der Waals surface area contributed by atoms with Crippen molar-refractivity contribution >= 4 is 52.1 Å². The van der Waals surface area contributed by atoms with E-state index in [2.05, 4.69) is 10.6 Å². The Kier molecular flexibility index (Phi) is 16.6. The molecular weight excluding hydrogens is 569 g/mol. The molecule has 0 spiro atoms. The van der Waals surface area contributed by atoms with Crippen molar-refractivity contribution < 1.29 is 43.5 Å². The van der Waals surface area contributed by atoms with Crippen LogP contribution in [0.2, 0.25) is 0 Å². The molecule has 6 N–H and O–H groups in total. The van der Waals surface area contributed by atoms with E-state index in [0.29, 0.717) is 11.8 Å². The molecule has 0 radical (unpaired) electrons. The largest absolute Gasteiger partial charge is 0.480 e. The molecule has 15 heteroatoms. The van der Waals surface area contributed by atoms with E-state index in [1.54, 1.807) is 0 Å². The molecule has 0 aromatic heterocycles. The Bertz CT molecular complexity index is 804. The first kappa shape index (κ1) is 36.2. The number of fused-ring (bicyclic) bond motifs is 2. The lowest BCUT2D eigenvalue weighted by Gasteiger charge is -2.42. The van der Waals surface area contributed by atoms with E-state index in [0.717, 1.165) is 64.5 Å². The highest BCUT2D eigenvalue weighted by Gasteiger charge is 2.42. The summed E-state index contributed by atoms with van der Waals surface area (Å²) >= 11 is 0. The van der Waals surface area contributed by atoms with Crippen LogP contribution < -0.4 is 10.6 Å². The van der Waals surface area contributed by atoms with E-state index in [4.69, 9.17) is 10.2 Å². The number of aliphatic carboxylic acids is 2. The minimum atomic E-state index is -2.30. The van der Waals surface area contributed by atoms with Crippen LogP contribution in [0.15, 0.2) is 0 Å². The van der Waals surface area contributed by atoms with Gasteiger partial charge in [-0.1, -0.05) is 0 Å².